The van der Waals surface area contributed by atoms with Gasteiger partial charge >= 0.3 is 6.36 Å². The van der Waals surface area contributed by atoms with E-state index in [-0.39, 0.29) is 16.9 Å². The molecule has 0 amide bonds. The van der Waals surface area contributed by atoms with Crippen LogP contribution in [0.1, 0.15) is 11.1 Å². The van der Waals surface area contributed by atoms with Gasteiger partial charge in [-0.15, -0.1) is 13.2 Å². The molecule has 0 saturated heterocycles. The van der Waals surface area contributed by atoms with Crippen LogP contribution in [0.2, 0.25) is 0 Å². The first-order valence-corrected chi connectivity index (χ1v) is 4.59. The van der Waals surface area contributed by atoms with E-state index in [0.717, 1.165) is 6.07 Å². The third-order valence-electron chi connectivity index (χ3n) is 2.11. The van der Waals surface area contributed by atoms with E-state index in [1.54, 1.807) is 0 Å². The number of aliphatic hydroxyl groups excluding tert-OH is 2. The van der Waals surface area contributed by atoms with E-state index in [9.17, 15) is 13.2 Å². The molecule has 0 aliphatic rings. The Morgan fingerprint density at radius 3 is 1.94 bits per heavy atom. The molecule has 1 rings (SSSR count). The normalized spacial score (nSPS) is 11.4. The third-order valence-corrected chi connectivity index (χ3v) is 2.11. The van der Waals surface area contributed by atoms with Crippen molar-refractivity contribution in [3.8, 4) is 11.5 Å². The van der Waals surface area contributed by atoms with Crippen molar-refractivity contribution >= 4 is 0 Å². The zero-order chi connectivity index (χ0) is 13.1. The fourth-order valence-electron chi connectivity index (χ4n) is 1.41. The molecule has 4 nitrogen and oxygen atoms in total. The van der Waals surface area contributed by atoms with E-state index in [1.807, 2.05) is 0 Å². The molecule has 0 saturated carbocycles. The topological polar surface area (TPSA) is 58.9 Å². The second-order valence-corrected chi connectivity index (χ2v) is 3.09. The summed E-state index contributed by atoms with van der Waals surface area (Å²) in [6.07, 6.45) is -4.86. The number of halogens is 3. The second kappa shape index (κ2) is 5.24. The number of hydrogen-bond acceptors (Lipinski definition) is 4. The van der Waals surface area contributed by atoms with Gasteiger partial charge < -0.3 is 19.7 Å². The summed E-state index contributed by atoms with van der Waals surface area (Å²) < 4.78 is 44.8. The van der Waals surface area contributed by atoms with Crippen LogP contribution in [0.25, 0.3) is 0 Å². The van der Waals surface area contributed by atoms with E-state index >= 15 is 0 Å². The molecule has 0 radical (unpaired) electrons. The van der Waals surface area contributed by atoms with Crippen LogP contribution in [-0.4, -0.2) is 23.7 Å². The van der Waals surface area contributed by atoms with Crippen LogP contribution in [0, 0.1) is 0 Å². The molecule has 0 fully saturated rings. The highest BCUT2D eigenvalue weighted by Crippen LogP contribution is 2.33. The van der Waals surface area contributed by atoms with Gasteiger partial charge in [-0.3, -0.25) is 0 Å². The highest BCUT2D eigenvalue weighted by molar-refractivity contribution is 5.48. The lowest BCUT2D eigenvalue weighted by molar-refractivity contribution is -0.275. The van der Waals surface area contributed by atoms with Gasteiger partial charge in [0.05, 0.1) is 20.3 Å². The van der Waals surface area contributed by atoms with Gasteiger partial charge in [0.15, 0.2) is 0 Å². The molecule has 0 spiro atoms. The Kier molecular flexibility index (Phi) is 4.19. The Labute approximate surface area is 95.2 Å². The summed E-state index contributed by atoms with van der Waals surface area (Å²) in [5, 5.41) is 18.1. The Morgan fingerprint density at radius 2 is 1.53 bits per heavy atom. The Bertz CT molecular complexity index is 390. The lowest BCUT2D eigenvalue weighted by Gasteiger charge is -2.16. The molecule has 1 aromatic rings. The zero-order valence-electron chi connectivity index (χ0n) is 8.91. The molecule has 2 N–H and O–H groups in total. The SMILES string of the molecule is COc1ccc(OC(F)(F)F)c(CO)c1CO. The van der Waals surface area contributed by atoms with Crippen molar-refractivity contribution in [3.63, 3.8) is 0 Å². The van der Waals surface area contributed by atoms with Crippen molar-refractivity contribution in [2.24, 2.45) is 0 Å². The average Bonchev–Trinajstić information content (AvgIpc) is 2.26. The molecule has 0 atom stereocenters. The van der Waals surface area contributed by atoms with Crippen molar-refractivity contribution in [3.05, 3.63) is 23.3 Å². The van der Waals surface area contributed by atoms with Gasteiger partial charge in [0, 0.05) is 11.1 Å². The number of ether oxygens (including phenoxy) is 2. The van der Waals surface area contributed by atoms with Crippen LogP contribution in [0.15, 0.2) is 12.1 Å². The quantitative estimate of drug-likeness (QED) is 0.854. The minimum Gasteiger partial charge on any atom is -0.496 e. The number of rotatable bonds is 4. The second-order valence-electron chi connectivity index (χ2n) is 3.09. The Balaban J connectivity index is 3.23. The smallest absolute Gasteiger partial charge is 0.496 e. The molecule has 0 heterocycles. The van der Waals surface area contributed by atoms with Gasteiger partial charge in [-0.2, -0.15) is 0 Å². The summed E-state index contributed by atoms with van der Waals surface area (Å²) in [5.41, 5.74) is -0.0825. The largest absolute Gasteiger partial charge is 0.573 e. The molecule has 0 bridgehead atoms. The highest BCUT2D eigenvalue weighted by atomic mass is 19.4. The molecule has 1 aromatic carbocycles. The van der Waals surface area contributed by atoms with Crippen LogP contribution in [0.3, 0.4) is 0 Å². The molecule has 0 aliphatic heterocycles. The van der Waals surface area contributed by atoms with Gasteiger partial charge in [0.2, 0.25) is 0 Å². The molecule has 7 heteroatoms. The van der Waals surface area contributed by atoms with Crippen molar-refractivity contribution < 1.29 is 32.9 Å². The predicted octanol–water partition coefficient (Wildman–Crippen LogP) is 1.58. The Morgan fingerprint density at radius 1 is 1.06 bits per heavy atom. The summed E-state index contributed by atoms with van der Waals surface area (Å²) in [6.45, 7) is -1.26. The first kappa shape index (κ1) is 13.6. The molecule has 96 valence electrons. The van der Waals surface area contributed by atoms with Crippen molar-refractivity contribution in [2.75, 3.05) is 7.11 Å². The van der Waals surface area contributed by atoms with Crippen LogP contribution in [0.4, 0.5) is 13.2 Å². The maximum absolute atomic E-state index is 12.1. The summed E-state index contributed by atoms with van der Waals surface area (Å²) >= 11 is 0. The summed E-state index contributed by atoms with van der Waals surface area (Å²) in [4.78, 5) is 0. The summed E-state index contributed by atoms with van der Waals surface area (Å²) in [6, 6.07) is 2.25. The van der Waals surface area contributed by atoms with Crippen molar-refractivity contribution in [1.29, 1.82) is 0 Å². The molecule has 17 heavy (non-hydrogen) atoms. The minimum absolute atomic E-state index is 0.0664. The van der Waals surface area contributed by atoms with E-state index in [1.165, 1.54) is 13.2 Å². The lowest BCUT2D eigenvalue weighted by Crippen LogP contribution is -2.18. The van der Waals surface area contributed by atoms with E-state index in [2.05, 4.69) is 4.74 Å². The van der Waals surface area contributed by atoms with E-state index in [0.29, 0.717) is 0 Å². The van der Waals surface area contributed by atoms with Gasteiger partial charge in [-0.25, -0.2) is 0 Å². The van der Waals surface area contributed by atoms with Crippen molar-refractivity contribution in [1.82, 2.24) is 0 Å². The Hall–Kier alpha value is -1.47. The fraction of sp³-hybridized carbons (Fsp3) is 0.400. The molecule has 0 aromatic heterocycles. The number of aliphatic hydroxyl groups is 2. The molecule has 0 aliphatic carbocycles. The first-order chi connectivity index (χ1) is 7.92. The van der Waals surface area contributed by atoms with Gasteiger partial charge in [0.25, 0.3) is 0 Å². The van der Waals surface area contributed by atoms with E-state index < -0.39 is 25.3 Å². The molecular formula is C10H11F3O4. The maximum atomic E-state index is 12.1. The standard InChI is InChI=1S/C10H11F3O4/c1-16-8-2-3-9(17-10(11,12)13)7(5-15)6(8)4-14/h2-3,14-15H,4-5H2,1H3. The van der Waals surface area contributed by atoms with Crippen LogP contribution < -0.4 is 9.47 Å². The predicted molar refractivity (Wildman–Crippen MR) is 51.5 cm³/mol. The lowest BCUT2D eigenvalue weighted by atomic mass is 10.1. The monoisotopic (exact) mass is 252 g/mol. The minimum atomic E-state index is -4.86. The fourth-order valence-corrected chi connectivity index (χ4v) is 1.41. The number of benzene rings is 1. The summed E-state index contributed by atoms with van der Waals surface area (Å²) in [5.74, 6) is -0.365. The zero-order valence-corrected chi connectivity index (χ0v) is 8.91. The van der Waals surface area contributed by atoms with Gasteiger partial charge in [-0.1, -0.05) is 0 Å². The third kappa shape index (κ3) is 3.24. The molecular weight excluding hydrogens is 241 g/mol. The van der Waals surface area contributed by atoms with Crippen LogP contribution in [0.5, 0.6) is 11.5 Å². The number of hydrogen-bond donors (Lipinski definition) is 2. The summed E-state index contributed by atoms with van der Waals surface area (Å²) in [7, 11) is 1.31. The molecule has 0 unspecified atom stereocenters. The highest BCUT2D eigenvalue weighted by Gasteiger charge is 2.32. The van der Waals surface area contributed by atoms with Crippen molar-refractivity contribution in [2.45, 2.75) is 19.6 Å². The first-order valence-electron chi connectivity index (χ1n) is 4.59. The van der Waals surface area contributed by atoms with Gasteiger partial charge in [-0.05, 0) is 12.1 Å². The van der Waals surface area contributed by atoms with Crippen LogP contribution in [-0.2, 0) is 13.2 Å². The van der Waals surface area contributed by atoms with Crippen LogP contribution >= 0.6 is 0 Å². The number of alkyl halides is 3. The number of methoxy groups -OCH3 is 1. The van der Waals surface area contributed by atoms with Gasteiger partial charge in [0.1, 0.15) is 11.5 Å². The maximum Gasteiger partial charge on any atom is 0.573 e. The van der Waals surface area contributed by atoms with E-state index in [4.69, 9.17) is 14.9 Å². The average molecular weight is 252 g/mol.